The second kappa shape index (κ2) is 7.27. The smallest absolute Gasteiger partial charge is 0.277 e. The van der Waals surface area contributed by atoms with Crippen molar-refractivity contribution in [2.45, 2.75) is 45.8 Å². The number of aromatic nitrogens is 2. The largest absolute Gasteiger partial charge is 0.392 e. The lowest BCUT2D eigenvalue weighted by Gasteiger charge is -2.40. The van der Waals surface area contributed by atoms with Crippen LogP contribution in [0.25, 0.3) is 0 Å². The van der Waals surface area contributed by atoms with Gasteiger partial charge >= 0.3 is 0 Å². The first kappa shape index (κ1) is 18.1. The third-order valence-corrected chi connectivity index (χ3v) is 4.78. The number of oxime groups is 1. The van der Waals surface area contributed by atoms with Crippen LogP contribution in [0, 0.1) is 6.92 Å². The van der Waals surface area contributed by atoms with Gasteiger partial charge in [-0.2, -0.15) is 5.10 Å². The van der Waals surface area contributed by atoms with Crippen LogP contribution >= 0.6 is 0 Å². The Bertz CT molecular complexity index is 803. The van der Waals surface area contributed by atoms with E-state index in [0.717, 1.165) is 5.71 Å². The van der Waals surface area contributed by atoms with E-state index in [9.17, 15) is 14.4 Å². The van der Waals surface area contributed by atoms with E-state index in [-0.39, 0.29) is 35.9 Å². The van der Waals surface area contributed by atoms with Gasteiger partial charge in [-0.15, -0.1) is 0 Å². The van der Waals surface area contributed by atoms with E-state index in [1.54, 1.807) is 16.7 Å². The zero-order valence-electron chi connectivity index (χ0n) is 15.2. The van der Waals surface area contributed by atoms with Crippen molar-refractivity contribution in [3.05, 3.63) is 27.7 Å². The summed E-state index contributed by atoms with van der Waals surface area (Å²) in [5.41, 5.74) is 1.05. The van der Waals surface area contributed by atoms with Gasteiger partial charge in [0.2, 0.25) is 5.91 Å². The minimum atomic E-state index is -0.491. The van der Waals surface area contributed by atoms with Gasteiger partial charge in [0.1, 0.15) is 11.7 Å². The zero-order valence-corrected chi connectivity index (χ0v) is 15.2. The fraction of sp³-hybridized carbons (Fsp3) is 0.588. The monoisotopic (exact) mass is 361 g/mol. The number of piperazine rings is 1. The van der Waals surface area contributed by atoms with Gasteiger partial charge in [-0.3, -0.25) is 14.4 Å². The molecular formula is C17H23N5O4. The Morgan fingerprint density at radius 3 is 2.73 bits per heavy atom. The van der Waals surface area contributed by atoms with E-state index >= 15 is 0 Å². The van der Waals surface area contributed by atoms with Crippen LogP contribution in [0.1, 0.15) is 42.6 Å². The van der Waals surface area contributed by atoms with E-state index < -0.39 is 5.56 Å². The maximum absolute atomic E-state index is 12.7. The summed E-state index contributed by atoms with van der Waals surface area (Å²) < 4.78 is 0. The minimum absolute atomic E-state index is 0.00237. The summed E-state index contributed by atoms with van der Waals surface area (Å²) in [5, 5.41) is 9.87. The Labute approximate surface area is 151 Å². The first-order chi connectivity index (χ1) is 12.4. The molecule has 2 aliphatic heterocycles. The third kappa shape index (κ3) is 3.61. The van der Waals surface area contributed by atoms with E-state index in [1.807, 2.05) is 13.8 Å². The van der Waals surface area contributed by atoms with Crippen molar-refractivity contribution in [3.63, 3.8) is 0 Å². The SMILES string of the molecule is CC1=NOC(CC(=O)N2CCN(C(=O)c3c(C)cn[nH]c3=O)C[C@H]2C)C1. The second-order valence-corrected chi connectivity index (χ2v) is 6.91. The van der Waals surface area contributed by atoms with Gasteiger partial charge in [-0.05, 0) is 26.3 Å². The number of H-pyrrole nitrogens is 1. The molecule has 1 aromatic rings. The maximum atomic E-state index is 12.7. The van der Waals surface area contributed by atoms with Crippen molar-refractivity contribution in [2.24, 2.45) is 5.16 Å². The molecule has 1 N–H and O–H groups in total. The van der Waals surface area contributed by atoms with E-state index in [0.29, 0.717) is 31.6 Å². The van der Waals surface area contributed by atoms with E-state index in [2.05, 4.69) is 15.4 Å². The van der Waals surface area contributed by atoms with Crippen LogP contribution in [0.3, 0.4) is 0 Å². The predicted octanol–water partition coefficient (Wildman–Crippen LogP) is 0.306. The summed E-state index contributed by atoms with van der Waals surface area (Å²) >= 11 is 0. The summed E-state index contributed by atoms with van der Waals surface area (Å²) in [6, 6.07) is -0.134. The summed E-state index contributed by atoms with van der Waals surface area (Å²) in [7, 11) is 0. The highest BCUT2D eigenvalue weighted by molar-refractivity contribution is 5.95. The normalized spacial score (nSPS) is 22.8. The Morgan fingerprint density at radius 1 is 1.35 bits per heavy atom. The highest BCUT2D eigenvalue weighted by Gasteiger charge is 2.33. The molecule has 1 unspecified atom stereocenters. The molecular weight excluding hydrogens is 338 g/mol. The summed E-state index contributed by atoms with van der Waals surface area (Å²) in [4.78, 5) is 45.8. The average Bonchev–Trinajstić information content (AvgIpc) is 2.99. The topological polar surface area (TPSA) is 108 Å². The Kier molecular flexibility index (Phi) is 5.06. The molecule has 2 aliphatic rings. The fourth-order valence-electron chi connectivity index (χ4n) is 3.41. The Morgan fingerprint density at radius 2 is 2.12 bits per heavy atom. The number of amides is 2. The first-order valence-corrected chi connectivity index (χ1v) is 8.69. The lowest BCUT2D eigenvalue weighted by atomic mass is 10.1. The van der Waals surface area contributed by atoms with Crippen molar-refractivity contribution in [1.29, 1.82) is 0 Å². The average molecular weight is 361 g/mol. The highest BCUT2D eigenvalue weighted by atomic mass is 16.6. The zero-order chi connectivity index (χ0) is 18.8. The minimum Gasteiger partial charge on any atom is -0.392 e. The van der Waals surface area contributed by atoms with E-state index in [1.165, 1.54) is 6.20 Å². The van der Waals surface area contributed by atoms with Crippen molar-refractivity contribution in [1.82, 2.24) is 20.0 Å². The van der Waals surface area contributed by atoms with Crippen LogP contribution in [0.2, 0.25) is 0 Å². The van der Waals surface area contributed by atoms with Gasteiger partial charge in [0, 0.05) is 32.1 Å². The number of rotatable bonds is 3. The summed E-state index contributed by atoms with van der Waals surface area (Å²) in [6.45, 7) is 6.66. The van der Waals surface area contributed by atoms with Gasteiger partial charge in [-0.1, -0.05) is 5.16 Å². The van der Waals surface area contributed by atoms with Crippen LogP contribution in [0.5, 0.6) is 0 Å². The number of nitrogens with one attached hydrogen (secondary N) is 1. The Balaban J connectivity index is 1.62. The van der Waals surface area contributed by atoms with Crippen molar-refractivity contribution in [3.8, 4) is 0 Å². The third-order valence-electron chi connectivity index (χ3n) is 4.78. The number of carbonyl (C=O) groups excluding carboxylic acids is 2. The summed E-state index contributed by atoms with van der Waals surface area (Å²) in [6.07, 6.45) is 2.21. The molecule has 2 amide bonds. The molecule has 3 heterocycles. The molecule has 0 aliphatic carbocycles. The van der Waals surface area contributed by atoms with E-state index in [4.69, 9.17) is 4.84 Å². The van der Waals surface area contributed by atoms with Crippen LogP contribution in [-0.4, -0.2) is 69.3 Å². The molecule has 2 atom stereocenters. The number of carbonyl (C=O) groups is 2. The number of aromatic amines is 1. The van der Waals surface area contributed by atoms with Gasteiger partial charge in [0.05, 0.1) is 18.3 Å². The highest BCUT2D eigenvalue weighted by Crippen LogP contribution is 2.18. The molecule has 26 heavy (non-hydrogen) atoms. The standard InChI is InChI=1S/C17H23N5O4/c1-10-8-18-19-16(24)15(10)17(25)21-4-5-22(12(3)9-21)14(23)7-13-6-11(2)20-26-13/h8,12-13H,4-7,9H2,1-3H3,(H,19,24)/t12-,13?/m1/s1. The molecule has 140 valence electrons. The van der Waals surface area contributed by atoms with Crippen LogP contribution in [-0.2, 0) is 9.63 Å². The van der Waals surface area contributed by atoms with Crippen LogP contribution in [0.4, 0.5) is 0 Å². The van der Waals surface area contributed by atoms with Gasteiger partial charge in [-0.25, -0.2) is 5.10 Å². The molecule has 3 rings (SSSR count). The molecule has 9 nitrogen and oxygen atoms in total. The van der Waals surface area contributed by atoms with Gasteiger partial charge < -0.3 is 14.6 Å². The maximum Gasteiger partial charge on any atom is 0.277 e. The molecule has 1 saturated heterocycles. The van der Waals surface area contributed by atoms with Crippen molar-refractivity contribution >= 4 is 17.5 Å². The molecule has 0 spiro atoms. The molecule has 0 saturated carbocycles. The molecule has 1 aromatic heterocycles. The lowest BCUT2D eigenvalue weighted by Crippen LogP contribution is -2.56. The fourth-order valence-corrected chi connectivity index (χ4v) is 3.41. The Hall–Kier alpha value is -2.71. The predicted molar refractivity (Wildman–Crippen MR) is 93.9 cm³/mol. The summed E-state index contributed by atoms with van der Waals surface area (Å²) in [5.74, 6) is -0.328. The molecule has 0 aromatic carbocycles. The van der Waals surface area contributed by atoms with Crippen molar-refractivity contribution < 1.29 is 14.4 Å². The molecule has 9 heteroatoms. The first-order valence-electron chi connectivity index (χ1n) is 8.69. The van der Waals surface area contributed by atoms with Gasteiger partial charge in [0.25, 0.3) is 11.5 Å². The molecule has 0 radical (unpaired) electrons. The molecule has 1 fully saturated rings. The number of aryl methyl sites for hydroxylation is 1. The number of nitrogens with zero attached hydrogens (tertiary/aromatic N) is 4. The van der Waals surface area contributed by atoms with Crippen molar-refractivity contribution in [2.75, 3.05) is 19.6 Å². The number of hydrogen-bond acceptors (Lipinski definition) is 6. The van der Waals surface area contributed by atoms with Gasteiger partial charge in [0.15, 0.2) is 0 Å². The quantitative estimate of drug-likeness (QED) is 0.833. The number of hydrogen-bond donors (Lipinski definition) is 1. The lowest BCUT2D eigenvalue weighted by molar-refractivity contribution is -0.137. The van der Waals surface area contributed by atoms with Crippen LogP contribution < -0.4 is 5.56 Å². The second-order valence-electron chi connectivity index (χ2n) is 6.91. The molecule has 0 bridgehead atoms. The van der Waals surface area contributed by atoms with Crippen LogP contribution in [0.15, 0.2) is 16.1 Å².